The molecule has 0 saturated carbocycles. The number of hydrogen-bond acceptors (Lipinski definition) is 5. The number of nitrogens with zero attached hydrogens (tertiary/aromatic N) is 1. The number of para-hydroxylation sites is 1. The molecule has 148 valence electrons. The second kappa shape index (κ2) is 8.22. The molecule has 0 radical (unpaired) electrons. The van der Waals surface area contributed by atoms with E-state index in [0.717, 1.165) is 22.0 Å². The van der Waals surface area contributed by atoms with Gasteiger partial charge in [0.15, 0.2) is 6.61 Å². The third-order valence-electron chi connectivity index (χ3n) is 4.72. The summed E-state index contributed by atoms with van der Waals surface area (Å²) < 4.78 is 7.25. The third-order valence-corrected chi connectivity index (χ3v) is 6.00. The molecule has 6 nitrogen and oxygen atoms in total. The second-order valence-electron chi connectivity index (χ2n) is 7.13. The quantitative estimate of drug-likeness (QED) is 0.587. The molecule has 1 aromatic carbocycles. The van der Waals surface area contributed by atoms with Crippen molar-refractivity contribution < 1.29 is 19.1 Å². The Kier molecular flexibility index (Phi) is 5.93. The van der Waals surface area contributed by atoms with Gasteiger partial charge >= 0.3 is 5.97 Å². The molecule has 0 bridgehead atoms. The lowest BCUT2D eigenvalue weighted by molar-refractivity contribution is -0.143. The maximum absolute atomic E-state index is 12.5. The van der Waals surface area contributed by atoms with Crippen molar-refractivity contribution in [2.75, 3.05) is 11.9 Å². The minimum atomic E-state index is -0.566. The summed E-state index contributed by atoms with van der Waals surface area (Å²) in [5.41, 5.74) is 3.18. The Morgan fingerprint density at radius 1 is 1.25 bits per heavy atom. The van der Waals surface area contributed by atoms with E-state index in [1.54, 1.807) is 0 Å². The number of ether oxygens (including phenoxy) is 1. The first-order valence-electron chi connectivity index (χ1n) is 9.21. The molecule has 0 spiro atoms. The Morgan fingerprint density at radius 2 is 1.96 bits per heavy atom. The van der Waals surface area contributed by atoms with Crippen LogP contribution in [0.5, 0.6) is 0 Å². The van der Waals surface area contributed by atoms with Gasteiger partial charge in [-0.15, -0.1) is 11.8 Å². The lowest BCUT2D eigenvalue weighted by Gasteiger charge is -2.23. The van der Waals surface area contributed by atoms with Crippen LogP contribution in [0.1, 0.15) is 48.1 Å². The van der Waals surface area contributed by atoms with Crippen LogP contribution in [0.15, 0.2) is 35.2 Å². The van der Waals surface area contributed by atoms with Gasteiger partial charge in [-0.05, 0) is 45.9 Å². The van der Waals surface area contributed by atoms with Gasteiger partial charge in [0.2, 0.25) is 11.7 Å². The highest BCUT2D eigenvalue weighted by molar-refractivity contribution is 8.01. The van der Waals surface area contributed by atoms with Crippen molar-refractivity contribution >= 4 is 35.1 Å². The smallest absolute Gasteiger partial charge is 0.307 e. The summed E-state index contributed by atoms with van der Waals surface area (Å²) in [6.45, 7) is 7.63. The molecule has 0 fully saturated rings. The molecule has 2 heterocycles. The number of esters is 1. The van der Waals surface area contributed by atoms with E-state index >= 15 is 0 Å². The van der Waals surface area contributed by atoms with Crippen molar-refractivity contribution in [3.05, 3.63) is 47.3 Å². The first-order valence-corrected chi connectivity index (χ1v) is 10.1. The number of aryl methyl sites for hydroxylation is 1. The Balaban J connectivity index is 1.58. The monoisotopic (exact) mass is 400 g/mol. The number of anilines is 1. The molecule has 28 heavy (non-hydrogen) atoms. The highest BCUT2D eigenvalue weighted by atomic mass is 32.2. The summed E-state index contributed by atoms with van der Waals surface area (Å²) in [7, 11) is 0. The standard InChI is InChI=1S/C21H24N2O4S/c1-12(2)23-13(3)9-15(14(23)4)17(24)11-27-20(25)10-19-21(26)22-16-7-5-6-8-18(16)28-19/h5-9,12,19H,10-11H2,1-4H3,(H,22,26)/t19-/m1/s1. The third kappa shape index (κ3) is 4.14. The van der Waals surface area contributed by atoms with Crippen LogP contribution >= 0.6 is 11.8 Å². The zero-order chi connectivity index (χ0) is 20.4. The van der Waals surface area contributed by atoms with E-state index < -0.39 is 11.2 Å². The number of hydrogen-bond donors (Lipinski definition) is 1. The maximum Gasteiger partial charge on any atom is 0.307 e. The van der Waals surface area contributed by atoms with Crippen molar-refractivity contribution in [3.63, 3.8) is 0 Å². The van der Waals surface area contributed by atoms with Crippen molar-refractivity contribution in [2.45, 2.75) is 50.3 Å². The number of ketones is 1. The van der Waals surface area contributed by atoms with Gasteiger partial charge in [-0.2, -0.15) is 0 Å². The average Bonchev–Trinajstić information content (AvgIpc) is 2.94. The van der Waals surface area contributed by atoms with Gasteiger partial charge < -0.3 is 14.6 Å². The van der Waals surface area contributed by atoms with Gasteiger partial charge in [-0.3, -0.25) is 14.4 Å². The number of amides is 1. The predicted molar refractivity (Wildman–Crippen MR) is 109 cm³/mol. The maximum atomic E-state index is 12.5. The van der Waals surface area contributed by atoms with Crippen LogP contribution in [0.2, 0.25) is 0 Å². The fourth-order valence-corrected chi connectivity index (χ4v) is 4.61. The molecule has 0 saturated heterocycles. The van der Waals surface area contributed by atoms with Crippen molar-refractivity contribution in [1.29, 1.82) is 0 Å². The number of nitrogens with one attached hydrogen (secondary N) is 1. The van der Waals surface area contributed by atoms with Gasteiger partial charge in [0.05, 0.1) is 17.4 Å². The normalized spacial score (nSPS) is 15.9. The molecule has 1 aliphatic rings. The van der Waals surface area contributed by atoms with E-state index in [2.05, 4.69) is 23.7 Å². The Labute approximate surface area is 168 Å². The molecule has 0 aliphatic carbocycles. The number of rotatable bonds is 6. The summed E-state index contributed by atoms with van der Waals surface area (Å²) in [6, 6.07) is 9.51. The zero-order valence-electron chi connectivity index (χ0n) is 16.4. The number of benzene rings is 1. The van der Waals surface area contributed by atoms with Gasteiger partial charge in [-0.1, -0.05) is 12.1 Å². The Hall–Kier alpha value is -2.54. The van der Waals surface area contributed by atoms with Crippen LogP contribution in [-0.2, 0) is 14.3 Å². The number of thioether (sulfide) groups is 1. The fourth-order valence-electron chi connectivity index (χ4n) is 3.52. The summed E-state index contributed by atoms with van der Waals surface area (Å²) in [5, 5.41) is 2.23. The van der Waals surface area contributed by atoms with Crippen LogP contribution in [0.25, 0.3) is 0 Å². The number of aromatic nitrogens is 1. The summed E-state index contributed by atoms with van der Waals surface area (Å²) >= 11 is 1.33. The van der Waals surface area contributed by atoms with E-state index in [1.807, 2.05) is 44.2 Å². The van der Waals surface area contributed by atoms with Gasteiger partial charge in [0.25, 0.3) is 0 Å². The molecule has 1 amide bonds. The van der Waals surface area contributed by atoms with Crippen molar-refractivity contribution in [1.82, 2.24) is 4.57 Å². The van der Waals surface area contributed by atoms with Crippen LogP contribution < -0.4 is 5.32 Å². The van der Waals surface area contributed by atoms with Gasteiger partial charge in [0.1, 0.15) is 0 Å². The zero-order valence-corrected chi connectivity index (χ0v) is 17.3. The van der Waals surface area contributed by atoms with E-state index in [0.29, 0.717) is 5.56 Å². The number of carbonyl (C=O) groups is 3. The molecule has 0 unspecified atom stereocenters. The van der Waals surface area contributed by atoms with Crippen LogP contribution in [-0.4, -0.2) is 34.1 Å². The molecule has 2 aromatic rings. The SMILES string of the molecule is Cc1cc(C(=O)COC(=O)C[C@H]2Sc3ccccc3NC2=O)c(C)n1C(C)C. The van der Waals surface area contributed by atoms with Crippen LogP contribution in [0.3, 0.4) is 0 Å². The summed E-state index contributed by atoms with van der Waals surface area (Å²) in [6.07, 6.45) is -0.0802. The molecular formula is C21H24N2O4S. The van der Waals surface area contributed by atoms with Crippen molar-refractivity contribution in [2.24, 2.45) is 0 Å². The Bertz CT molecular complexity index is 932. The number of Topliss-reactive ketones (excluding diaryl/α,β-unsaturated/α-hetero) is 1. The highest BCUT2D eigenvalue weighted by Gasteiger charge is 2.29. The molecule has 7 heteroatoms. The molecule has 1 N–H and O–H groups in total. The van der Waals surface area contributed by atoms with E-state index in [9.17, 15) is 14.4 Å². The van der Waals surface area contributed by atoms with E-state index in [1.165, 1.54) is 11.8 Å². The van der Waals surface area contributed by atoms with Crippen LogP contribution in [0, 0.1) is 13.8 Å². The van der Waals surface area contributed by atoms with Crippen molar-refractivity contribution in [3.8, 4) is 0 Å². The lowest BCUT2D eigenvalue weighted by Crippen LogP contribution is -2.31. The van der Waals surface area contributed by atoms with Crippen LogP contribution in [0.4, 0.5) is 5.69 Å². The topological polar surface area (TPSA) is 77.4 Å². The van der Waals surface area contributed by atoms with Gasteiger partial charge in [0, 0.05) is 27.9 Å². The average molecular weight is 401 g/mol. The molecule has 3 rings (SSSR count). The number of fused-ring (bicyclic) bond motifs is 1. The highest BCUT2D eigenvalue weighted by Crippen LogP contribution is 2.36. The second-order valence-corrected chi connectivity index (χ2v) is 8.37. The fraction of sp³-hybridized carbons (Fsp3) is 0.381. The molecule has 1 aromatic heterocycles. The Morgan fingerprint density at radius 3 is 2.64 bits per heavy atom. The predicted octanol–water partition coefficient (Wildman–Crippen LogP) is 3.91. The molecule has 1 aliphatic heterocycles. The number of carbonyl (C=O) groups excluding carboxylic acids is 3. The molecular weight excluding hydrogens is 376 g/mol. The summed E-state index contributed by atoms with van der Waals surface area (Å²) in [5.74, 6) is -1.02. The minimum Gasteiger partial charge on any atom is -0.457 e. The first-order chi connectivity index (χ1) is 13.3. The minimum absolute atomic E-state index is 0.0802. The largest absolute Gasteiger partial charge is 0.457 e. The summed E-state index contributed by atoms with van der Waals surface area (Å²) in [4.78, 5) is 37.8. The van der Waals surface area contributed by atoms with Gasteiger partial charge in [-0.25, -0.2) is 0 Å². The lowest BCUT2D eigenvalue weighted by atomic mass is 10.1. The van der Waals surface area contributed by atoms with E-state index in [-0.39, 0.29) is 30.8 Å². The molecule has 1 atom stereocenters. The first kappa shape index (κ1) is 20.2. The van der Waals surface area contributed by atoms with E-state index in [4.69, 9.17) is 4.74 Å².